The summed E-state index contributed by atoms with van der Waals surface area (Å²) in [6.07, 6.45) is 3.69. The van der Waals surface area contributed by atoms with Crippen LogP contribution in [0.3, 0.4) is 0 Å². The maximum atomic E-state index is 12.5. The lowest BCUT2D eigenvalue weighted by Gasteiger charge is -2.19. The lowest BCUT2D eigenvalue weighted by Crippen LogP contribution is -2.29. The number of hydrogen-bond acceptors (Lipinski definition) is 4. The lowest BCUT2D eigenvalue weighted by atomic mass is 10.0. The average Bonchev–Trinajstić information content (AvgIpc) is 2.59. The Labute approximate surface area is 151 Å². The zero-order valence-corrected chi connectivity index (χ0v) is 15.9. The standard InChI is InChI=1S/C20H29N3O2/c1-6-8-11-23(5)14-17(13-21)20(24)22-16(4)18-12-15(3)9-10-19(18)25-7-2/h9-10,12,14,16H,6-8,11H2,1-5H3,(H,22,24)/b17-14-. The molecule has 0 aliphatic rings. The number of hydrogen-bond donors (Lipinski definition) is 1. The molecule has 1 aromatic rings. The molecule has 136 valence electrons. The molecule has 0 saturated heterocycles. The monoisotopic (exact) mass is 343 g/mol. The van der Waals surface area contributed by atoms with Crippen LogP contribution in [-0.4, -0.2) is 31.0 Å². The fourth-order valence-corrected chi connectivity index (χ4v) is 2.48. The van der Waals surface area contributed by atoms with Crippen LogP contribution in [0.1, 0.15) is 50.8 Å². The number of carbonyl (C=O) groups excluding carboxylic acids is 1. The number of aryl methyl sites for hydroxylation is 1. The number of nitrogens with zero attached hydrogens (tertiary/aromatic N) is 2. The van der Waals surface area contributed by atoms with Gasteiger partial charge in [-0.05, 0) is 33.3 Å². The van der Waals surface area contributed by atoms with Crippen LogP contribution in [0.25, 0.3) is 0 Å². The summed E-state index contributed by atoms with van der Waals surface area (Å²) < 4.78 is 5.65. The van der Waals surface area contributed by atoms with Crippen LogP contribution in [0.4, 0.5) is 0 Å². The molecule has 1 rings (SSSR count). The van der Waals surface area contributed by atoms with E-state index < -0.39 is 0 Å². The first-order valence-corrected chi connectivity index (χ1v) is 8.79. The van der Waals surface area contributed by atoms with Crippen LogP contribution in [0.5, 0.6) is 5.75 Å². The quantitative estimate of drug-likeness (QED) is 0.548. The van der Waals surface area contributed by atoms with Gasteiger partial charge in [-0.15, -0.1) is 0 Å². The van der Waals surface area contributed by atoms with Crippen LogP contribution < -0.4 is 10.1 Å². The van der Waals surface area contributed by atoms with E-state index in [9.17, 15) is 10.1 Å². The van der Waals surface area contributed by atoms with Gasteiger partial charge in [-0.2, -0.15) is 5.26 Å². The third-order valence-electron chi connectivity index (χ3n) is 3.86. The van der Waals surface area contributed by atoms with Gasteiger partial charge in [0, 0.05) is 25.4 Å². The van der Waals surface area contributed by atoms with E-state index in [4.69, 9.17) is 4.74 Å². The Kier molecular flexibility index (Phi) is 8.55. The number of rotatable bonds is 9. The molecule has 5 heteroatoms. The van der Waals surface area contributed by atoms with Gasteiger partial charge in [0.2, 0.25) is 0 Å². The van der Waals surface area contributed by atoms with E-state index in [-0.39, 0.29) is 17.5 Å². The molecule has 0 radical (unpaired) electrons. The molecule has 0 spiro atoms. The summed E-state index contributed by atoms with van der Waals surface area (Å²) in [5, 5.41) is 12.2. The second kappa shape index (κ2) is 10.4. The molecule has 25 heavy (non-hydrogen) atoms. The highest BCUT2D eigenvalue weighted by Crippen LogP contribution is 2.26. The van der Waals surface area contributed by atoms with Crippen molar-refractivity contribution < 1.29 is 9.53 Å². The Balaban J connectivity index is 2.89. The molecular formula is C20H29N3O2. The Hall–Kier alpha value is -2.48. The van der Waals surface area contributed by atoms with Crippen molar-refractivity contribution in [3.63, 3.8) is 0 Å². The van der Waals surface area contributed by atoms with Crippen molar-refractivity contribution in [3.05, 3.63) is 41.1 Å². The molecule has 0 fully saturated rings. The molecule has 0 saturated carbocycles. The van der Waals surface area contributed by atoms with Crippen LogP contribution >= 0.6 is 0 Å². The summed E-state index contributed by atoms with van der Waals surface area (Å²) in [7, 11) is 1.87. The van der Waals surface area contributed by atoms with Crippen molar-refractivity contribution in [1.29, 1.82) is 5.26 Å². The van der Waals surface area contributed by atoms with Gasteiger partial charge in [-0.1, -0.05) is 31.0 Å². The Morgan fingerprint density at radius 2 is 2.16 bits per heavy atom. The maximum Gasteiger partial charge on any atom is 0.263 e. The maximum absolute atomic E-state index is 12.5. The predicted molar refractivity (Wildman–Crippen MR) is 100 cm³/mol. The second-order valence-electron chi connectivity index (χ2n) is 6.16. The smallest absolute Gasteiger partial charge is 0.263 e. The van der Waals surface area contributed by atoms with Crippen LogP contribution in [0.2, 0.25) is 0 Å². The SMILES string of the molecule is CCCCN(C)/C=C(/C#N)C(=O)NC(C)c1cc(C)ccc1OCC. The van der Waals surface area contributed by atoms with Gasteiger partial charge in [0.05, 0.1) is 12.6 Å². The zero-order chi connectivity index (χ0) is 18.8. The van der Waals surface area contributed by atoms with E-state index in [1.54, 1.807) is 6.20 Å². The van der Waals surface area contributed by atoms with Crippen molar-refractivity contribution in [2.45, 2.75) is 46.6 Å². The Morgan fingerprint density at radius 1 is 1.44 bits per heavy atom. The Bertz CT molecular complexity index is 647. The molecule has 0 aliphatic heterocycles. The van der Waals surface area contributed by atoms with E-state index in [0.717, 1.165) is 36.3 Å². The number of amides is 1. The zero-order valence-electron chi connectivity index (χ0n) is 15.9. The van der Waals surface area contributed by atoms with E-state index in [1.807, 2.05) is 57.0 Å². The molecule has 1 atom stereocenters. The largest absolute Gasteiger partial charge is 0.494 e. The molecule has 0 bridgehead atoms. The van der Waals surface area contributed by atoms with Crippen molar-refractivity contribution >= 4 is 5.91 Å². The number of benzene rings is 1. The third-order valence-corrected chi connectivity index (χ3v) is 3.86. The van der Waals surface area contributed by atoms with Crippen molar-refractivity contribution in [2.24, 2.45) is 0 Å². The van der Waals surface area contributed by atoms with Gasteiger partial charge >= 0.3 is 0 Å². The summed E-state index contributed by atoms with van der Waals surface area (Å²) in [6, 6.07) is 7.63. The van der Waals surface area contributed by atoms with E-state index in [2.05, 4.69) is 12.2 Å². The normalized spacial score (nSPS) is 12.2. The van der Waals surface area contributed by atoms with Gasteiger partial charge in [0.15, 0.2) is 0 Å². The minimum absolute atomic E-state index is 0.107. The summed E-state index contributed by atoms with van der Waals surface area (Å²) >= 11 is 0. The number of nitrogens with one attached hydrogen (secondary N) is 1. The highest BCUT2D eigenvalue weighted by molar-refractivity contribution is 5.97. The lowest BCUT2D eigenvalue weighted by molar-refractivity contribution is -0.117. The summed E-state index contributed by atoms with van der Waals surface area (Å²) in [6.45, 7) is 9.30. The Morgan fingerprint density at radius 3 is 2.76 bits per heavy atom. The first-order valence-electron chi connectivity index (χ1n) is 8.79. The van der Waals surface area contributed by atoms with Crippen LogP contribution in [-0.2, 0) is 4.79 Å². The molecule has 1 N–H and O–H groups in total. The average molecular weight is 343 g/mol. The molecule has 0 heterocycles. The number of carbonyl (C=O) groups is 1. The highest BCUT2D eigenvalue weighted by Gasteiger charge is 2.17. The second-order valence-corrected chi connectivity index (χ2v) is 6.16. The van der Waals surface area contributed by atoms with Crippen LogP contribution in [0, 0.1) is 18.3 Å². The first-order chi connectivity index (χ1) is 11.9. The van der Waals surface area contributed by atoms with Gasteiger partial charge in [0.25, 0.3) is 5.91 Å². The van der Waals surface area contributed by atoms with Gasteiger partial charge in [0.1, 0.15) is 17.4 Å². The van der Waals surface area contributed by atoms with E-state index >= 15 is 0 Å². The number of ether oxygens (including phenoxy) is 1. The fraction of sp³-hybridized carbons (Fsp3) is 0.500. The van der Waals surface area contributed by atoms with Crippen molar-refractivity contribution in [3.8, 4) is 11.8 Å². The third kappa shape index (κ3) is 6.50. The van der Waals surface area contributed by atoms with Crippen molar-refractivity contribution in [2.75, 3.05) is 20.2 Å². The highest BCUT2D eigenvalue weighted by atomic mass is 16.5. The topological polar surface area (TPSA) is 65.4 Å². The van der Waals surface area contributed by atoms with Crippen molar-refractivity contribution in [1.82, 2.24) is 10.2 Å². The van der Waals surface area contributed by atoms with Gasteiger partial charge in [-0.3, -0.25) is 4.79 Å². The summed E-state index contributed by atoms with van der Waals surface area (Å²) in [5.74, 6) is 0.380. The summed E-state index contributed by atoms with van der Waals surface area (Å²) in [5.41, 5.74) is 2.11. The number of nitriles is 1. The fourth-order valence-electron chi connectivity index (χ4n) is 2.48. The van der Waals surface area contributed by atoms with E-state index in [0.29, 0.717) is 6.61 Å². The first kappa shape index (κ1) is 20.6. The van der Waals surface area contributed by atoms with Gasteiger partial charge < -0.3 is 15.0 Å². The molecule has 0 aliphatic carbocycles. The van der Waals surface area contributed by atoms with Crippen LogP contribution in [0.15, 0.2) is 30.0 Å². The van der Waals surface area contributed by atoms with E-state index in [1.165, 1.54) is 0 Å². The molecule has 1 aromatic carbocycles. The van der Waals surface area contributed by atoms with Gasteiger partial charge in [-0.25, -0.2) is 0 Å². The molecule has 1 unspecified atom stereocenters. The molecule has 1 amide bonds. The predicted octanol–water partition coefficient (Wildman–Crippen LogP) is 3.71. The number of unbranched alkanes of at least 4 members (excludes halogenated alkanes) is 1. The molecular weight excluding hydrogens is 314 g/mol. The summed E-state index contributed by atoms with van der Waals surface area (Å²) in [4.78, 5) is 14.3. The molecule has 0 aromatic heterocycles. The minimum Gasteiger partial charge on any atom is -0.494 e. The minimum atomic E-state index is -0.373. The molecule has 5 nitrogen and oxygen atoms in total.